The lowest BCUT2D eigenvalue weighted by Crippen LogP contribution is -2.49. The number of allylic oxidation sites excluding steroid dienone is 1. The molecule has 1 spiro atoms. The fourth-order valence-electron chi connectivity index (χ4n) is 3.21. The minimum Gasteiger partial charge on any atom is -0.339 e. The van der Waals surface area contributed by atoms with Crippen LogP contribution in [-0.4, -0.2) is 41.4 Å². The molecule has 1 unspecified atom stereocenters. The van der Waals surface area contributed by atoms with Crippen LogP contribution in [0.4, 0.5) is 4.79 Å². The number of amides is 4. The Hall–Kier alpha value is -1.85. The van der Waals surface area contributed by atoms with Crippen molar-refractivity contribution in [3.63, 3.8) is 0 Å². The van der Waals surface area contributed by atoms with E-state index in [9.17, 15) is 14.4 Å². The van der Waals surface area contributed by atoms with Crippen molar-refractivity contribution in [1.82, 2.24) is 15.5 Å². The van der Waals surface area contributed by atoms with Gasteiger partial charge in [-0.25, -0.2) is 4.79 Å². The number of urea groups is 1. The molecule has 6 nitrogen and oxygen atoms in total. The Balaban J connectivity index is 1.62. The Morgan fingerprint density at radius 1 is 1.35 bits per heavy atom. The van der Waals surface area contributed by atoms with Gasteiger partial charge in [-0.1, -0.05) is 11.6 Å². The smallest absolute Gasteiger partial charge is 0.322 e. The maximum atomic E-state index is 12.3. The number of rotatable bonds is 2. The minimum absolute atomic E-state index is 0.0592. The number of hydrogen-bond acceptors (Lipinski definition) is 3. The summed E-state index contributed by atoms with van der Waals surface area (Å²) in [6.45, 7) is 0.816. The summed E-state index contributed by atoms with van der Waals surface area (Å²) in [5.74, 6) is -0.251. The van der Waals surface area contributed by atoms with Crippen molar-refractivity contribution in [2.24, 2.45) is 0 Å². The van der Waals surface area contributed by atoms with Crippen molar-refractivity contribution in [1.29, 1.82) is 0 Å². The zero-order valence-corrected chi connectivity index (χ0v) is 11.4. The molecule has 0 aromatic carbocycles. The van der Waals surface area contributed by atoms with Crippen LogP contribution in [0.5, 0.6) is 0 Å². The monoisotopic (exact) mass is 277 g/mol. The maximum absolute atomic E-state index is 12.3. The summed E-state index contributed by atoms with van der Waals surface area (Å²) in [4.78, 5) is 37.1. The van der Waals surface area contributed by atoms with Crippen LogP contribution in [0.1, 0.15) is 38.5 Å². The molecule has 2 saturated heterocycles. The summed E-state index contributed by atoms with van der Waals surface area (Å²) >= 11 is 0. The van der Waals surface area contributed by atoms with E-state index in [4.69, 9.17) is 0 Å². The van der Waals surface area contributed by atoms with E-state index in [1.807, 2.05) is 0 Å². The van der Waals surface area contributed by atoms with Gasteiger partial charge in [0.1, 0.15) is 5.54 Å². The van der Waals surface area contributed by atoms with Gasteiger partial charge in [-0.05, 0) is 32.1 Å². The molecule has 0 saturated carbocycles. The molecule has 20 heavy (non-hydrogen) atoms. The first-order valence-electron chi connectivity index (χ1n) is 7.18. The Labute approximate surface area is 117 Å². The highest BCUT2D eigenvalue weighted by Crippen LogP contribution is 2.27. The molecule has 1 atom stereocenters. The molecule has 0 bridgehead atoms. The van der Waals surface area contributed by atoms with Gasteiger partial charge in [0.2, 0.25) is 5.91 Å². The molecular weight excluding hydrogens is 258 g/mol. The van der Waals surface area contributed by atoms with Crippen LogP contribution in [-0.2, 0) is 9.59 Å². The molecule has 2 heterocycles. The third-order valence-corrected chi connectivity index (χ3v) is 4.40. The fourth-order valence-corrected chi connectivity index (χ4v) is 3.21. The first-order valence-corrected chi connectivity index (χ1v) is 7.18. The van der Waals surface area contributed by atoms with E-state index in [1.165, 1.54) is 12.0 Å². The van der Waals surface area contributed by atoms with E-state index in [0.717, 1.165) is 19.3 Å². The van der Waals surface area contributed by atoms with Crippen molar-refractivity contribution in [3.05, 3.63) is 11.6 Å². The van der Waals surface area contributed by atoms with Gasteiger partial charge in [-0.2, -0.15) is 0 Å². The summed E-state index contributed by atoms with van der Waals surface area (Å²) in [7, 11) is 0. The third-order valence-electron chi connectivity index (χ3n) is 4.40. The Kier molecular flexibility index (Phi) is 3.23. The van der Waals surface area contributed by atoms with E-state index in [-0.39, 0.29) is 18.4 Å². The van der Waals surface area contributed by atoms with Crippen molar-refractivity contribution in [2.45, 2.75) is 44.1 Å². The Morgan fingerprint density at radius 3 is 2.85 bits per heavy atom. The van der Waals surface area contributed by atoms with E-state index in [0.29, 0.717) is 19.4 Å². The van der Waals surface area contributed by atoms with Gasteiger partial charge in [0.05, 0.1) is 6.54 Å². The molecule has 3 aliphatic rings. The number of hydrogen-bond donors (Lipinski definition) is 2. The second-order valence-corrected chi connectivity index (χ2v) is 5.84. The number of carbonyl (C=O) groups excluding carboxylic acids is 3. The zero-order valence-electron chi connectivity index (χ0n) is 11.4. The normalized spacial score (nSPS) is 29.4. The predicted molar refractivity (Wildman–Crippen MR) is 71.8 cm³/mol. The van der Waals surface area contributed by atoms with Gasteiger partial charge >= 0.3 is 6.03 Å². The fraction of sp³-hybridized carbons (Fsp3) is 0.643. The quantitative estimate of drug-likeness (QED) is 0.575. The van der Waals surface area contributed by atoms with E-state index >= 15 is 0 Å². The Bertz CT molecular complexity index is 500. The highest BCUT2D eigenvalue weighted by molar-refractivity contribution is 6.07. The van der Waals surface area contributed by atoms with Gasteiger partial charge in [0, 0.05) is 13.0 Å². The van der Waals surface area contributed by atoms with Crippen LogP contribution in [0.15, 0.2) is 11.6 Å². The Morgan fingerprint density at radius 2 is 2.20 bits per heavy atom. The van der Waals surface area contributed by atoms with Gasteiger partial charge in [-0.3, -0.25) is 14.9 Å². The first kappa shape index (κ1) is 13.1. The molecule has 6 heteroatoms. The molecule has 2 aliphatic heterocycles. The lowest BCUT2D eigenvalue weighted by atomic mass is 9.97. The summed E-state index contributed by atoms with van der Waals surface area (Å²) in [6.07, 6.45) is 7.53. The summed E-state index contributed by atoms with van der Waals surface area (Å²) in [6, 6.07) is -0.459. The topological polar surface area (TPSA) is 78.5 Å². The number of nitrogens with one attached hydrogen (secondary N) is 2. The number of likely N-dealkylation sites (tertiary alicyclic amines) is 1. The third kappa shape index (κ3) is 2.30. The van der Waals surface area contributed by atoms with Gasteiger partial charge in [0.15, 0.2) is 0 Å². The van der Waals surface area contributed by atoms with Gasteiger partial charge < -0.3 is 10.2 Å². The summed E-state index contributed by atoms with van der Waals surface area (Å²) in [5, 5.41) is 4.91. The number of carbonyl (C=O) groups is 3. The molecule has 2 N–H and O–H groups in total. The molecule has 3 rings (SSSR count). The molecule has 1 aliphatic carbocycles. The summed E-state index contributed by atoms with van der Waals surface area (Å²) < 4.78 is 0. The first-order chi connectivity index (χ1) is 9.59. The van der Waals surface area contributed by atoms with Gasteiger partial charge in [0.25, 0.3) is 5.91 Å². The lowest BCUT2D eigenvalue weighted by molar-refractivity contribution is -0.130. The highest BCUT2D eigenvalue weighted by atomic mass is 16.2. The largest absolute Gasteiger partial charge is 0.339 e. The summed E-state index contributed by atoms with van der Waals surface area (Å²) in [5.41, 5.74) is 0.315. The molecule has 2 fully saturated rings. The van der Waals surface area contributed by atoms with E-state index < -0.39 is 11.6 Å². The molecule has 0 aromatic heterocycles. The van der Waals surface area contributed by atoms with Crippen LogP contribution in [0.25, 0.3) is 0 Å². The molecule has 4 amide bonds. The average Bonchev–Trinajstić information content (AvgIpc) is 2.96. The van der Waals surface area contributed by atoms with Crippen molar-refractivity contribution in [2.75, 3.05) is 13.1 Å². The van der Waals surface area contributed by atoms with Gasteiger partial charge in [-0.15, -0.1) is 0 Å². The minimum atomic E-state index is -0.895. The molecule has 108 valence electrons. The average molecular weight is 277 g/mol. The highest BCUT2D eigenvalue weighted by Gasteiger charge is 2.51. The van der Waals surface area contributed by atoms with Crippen LogP contribution < -0.4 is 10.6 Å². The van der Waals surface area contributed by atoms with Crippen molar-refractivity contribution >= 4 is 17.8 Å². The van der Waals surface area contributed by atoms with Crippen molar-refractivity contribution < 1.29 is 14.4 Å². The van der Waals surface area contributed by atoms with Crippen LogP contribution >= 0.6 is 0 Å². The second-order valence-electron chi connectivity index (χ2n) is 5.84. The predicted octanol–water partition coefficient (Wildman–Crippen LogP) is 0.687. The number of nitrogens with zero attached hydrogens (tertiary/aromatic N) is 1. The second kappa shape index (κ2) is 4.92. The van der Waals surface area contributed by atoms with E-state index in [2.05, 4.69) is 16.7 Å². The zero-order chi connectivity index (χ0) is 14.2. The van der Waals surface area contributed by atoms with Crippen molar-refractivity contribution in [3.8, 4) is 0 Å². The lowest BCUT2D eigenvalue weighted by Gasteiger charge is -2.22. The molecule has 0 radical (unpaired) electrons. The standard InChI is InChI=1S/C14H19N3O3/c18-11(8-10-4-2-1-3-5-10)17-7-6-14(9-17)12(19)15-13(20)16-14/h4H,1-3,5-9H2,(H2,15,16,19,20). The maximum Gasteiger partial charge on any atom is 0.322 e. The van der Waals surface area contributed by atoms with Crippen LogP contribution in [0.2, 0.25) is 0 Å². The molecular formula is C14H19N3O3. The van der Waals surface area contributed by atoms with Crippen LogP contribution in [0, 0.1) is 0 Å². The van der Waals surface area contributed by atoms with Crippen LogP contribution in [0.3, 0.4) is 0 Å². The SMILES string of the molecule is O=C1NC(=O)C2(CCN(C(=O)CC3=CCCCC3)C2)N1. The van der Waals surface area contributed by atoms with E-state index in [1.54, 1.807) is 4.90 Å². The molecule has 0 aromatic rings. The number of imide groups is 1.